The Kier molecular flexibility index (Phi) is 5.30. The Balaban J connectivity index is 1.12. The molecule has 0 atom stereocenters. The van der Waals surface area contributed by atoms with Crippen LogP contribution in [0, 0.1) is 0 Å². The molecule has 4 bridgehead atoms. The van der Waals surface area contributed by atoms with Crippen molar-refractivity contribution in [1.82, 2.24) is 4.40 Å². The molecular weight excluding hydrogens is 727 g/mol. The van der Waals surface area contributed by atoms with Gasteiger partial charge in [-0.3, -0.25) is 9.59 Å². The molecule has 17 rings (SSSR count). The largest absolute Gasteiger partial charge is 0.308 e. The summed E-state index contributed by atoms with van der Waals surface area (Å²) in [6.45, 7) is 0. The minimum Gasteiger partial charge on any atom is -0.308 e. The number of hydrogen-bond donors (Lipinski definition) is 0. The van der Waals surface area contributed by atoms with Gasteiger partial charge in [0, 0.05) is 64.7 Å². The number of hydrogen-bond acceptors (Lipinski definition) is 3. The Morgan fingerprint density at radius 1 is 0.379 bits per heavy atom. The van der Waals surface area contributed by atoms with Gasteiger partial charge in [0.25, 0.3) is 0 Å². The van der Waals surface area contributed by atoms with Gasteiger partial charge in [0.15, 0.2) is 11.6 Å². The maximum Gasteiger partial charge on any atom is 0.175 e. The summed E-state index contributed by atoms with van der Waals surface area (Å²) >= 11 is 1.86. The Labute approximate surface area is 335 Å². The van der Waals surface area contributed by atoms with Crippen LogP contribution in [0.3, 0.4) is 0 Å². The van der Waals surface area contributed by atoms with E-state index in [1.54, 1.807) is 0 Å². The highest BCUT2D eigenvalue weighted by atomic mass is 32.1. The smallest absolute Gasteiger partial charge is 0.175 e. The van der Waals surface area contributed by atoms with Gasteiger partial charge in [0.1, 0.15) is 0 Å². The maximum atomic E-state index is 15.2. The molecule has 3 nitrogen and oxygen atoms in total. The first-order valence-electron chi connectivity index (χ1n) is 20.2. The number of nitrogens with zero attached hydrogens (tertiary/aromatic N) is 1. The molecular formula is C54H29NO2S. The average Bonchev–Trinajstić information content (AvgIpc) is 3.82. The van der Waals surface area contributed by atoms with E-state index in [1.807, 2.05) is 11.3 Å². The zero-order chi connectivity index (χ0) is 37.7. The van der Waals surface area contributed by atoms with E-state index in [1.165, 1.54) is 58.7 Å². The number of carbonyl (C=O) groups excluding carboxylic acids is 2. The van der Waals surface area contributed by atoms with Gasteiger partial charge in [0.2, 0.25) is 0 Å². The van der Waals surface area contributed by atoms with Gasteiger partial charge in [-0.15, -0.1) is 11.3 Å². The van der Waals surface area contributed by atoms with Gasteiger partial charge in [0.05, 0.1) is 28.4 Å². The lowest BCUT2D eigenvalue weighted by Gasteiger charge is -2.30. The standard InChI is InChI=1S/C54H29NO2S/c56-52-39-24-43-35(21-36(39)46-27-12-1-5-16-31(27)48(52)32-17-6-2-13-28(32)46)38-23-41-26-11-9-10-20-45(26)58-54(41)50-42-22-37-40(25-44(42)55(43)51(38)50)53(57)49-33-18-7-3-14-29(33)47(37)30-15-4-8-19-34(30)49/h1-25,46-49H. The zero-order valence-electron chi connectivity index (χ0n) is 30.9. The Bertz CT molecular complexity index is 3670. The molecule has 0 fully saturated rings. The molecule has 0 amide bonds. The predicted octanol–water partition coefficient (Wildman–Crippen LogP) is 12.8. The quantitative estimate of drug-likeness (QED) is 0.155. The number of carbonyl (C=O) groups is 2. The third-order valence-electron chi connectivity index (χ3n) is 14.4. The lowest BCUT2D eigenvalue weighted by molar-refractivity contribution is 0.0966. The summed E-state index contributed by atoms with van der Waals surface area (Å²) in [4.78, 5) is 30.3. The Hall–Kier alpha value is -6.88. The van der Waals surface area contributed by atoms with E-state index in [0.29, 0.717) is 0 Å². The van der Waals surface area contributed by atoms with Crippen LogP contribution in [0.5, 0.6) is 0 Å². The molecule has 0 N–H and O–H groups in total. The van der Waals surface area contributed by atoms with Crippen LogP contribution in [0.2, 0.25) is 0 Å². The Morgan fingerprint density at radius 2 is 0.810 bits per heavy atom. The lowest BCUT2D eigenvalue weighted by Crippen LogP contribution is -2.19. The normalized spacial score (nSPS) is 19.8. The molecule has 58 heavy (non-hydrogen) atoms. The zero-order valence-corrected chi connectivity index (χ0v) is 31.7. The molecule has 8 aromatic carbocycles. The SMILES string of the molecule is O=C1c2cc3c(cc2C2c4ccccc4C1c1ccccc12)c1cc2c4ccccc4sc2c2c4cc5c(cc4n3c12)C(=O)C1c2ccccc2C5c2ccccc21. The van der Waals surface area contributed by atoms with Crippen LogP contribution in [0.4, 0.5) is 0 Å². The minimum atomic E-state index is -0.352. The highest BCUT2D eigenvalue weighted by Gasteiger charge is 2.45. The average molecular weight is 756 g/mol. The summed E-state index contributed by atoms with van der Waals surface area (Å²) in [7, 11) is 0. The number of ketones is 2. The van der Waals surface area contributed by atoms with Crippen molar-refractivity contribution in [2.45, 2.75) is 23.7 Å². The molecule has 0 spiro atoms. The fraction of sp³-hybridized carbons (Fsp3) is 0.0741. The van der Waals surface area contributed by atoms with Gasteiger partial charge in [-0.25, -0.2) is 0 Å². The topological polar surface area (TPSA) is 38.5 Å². The number of aromatic nitrogens is 1. The minimum absolute atomic E-state index is 0.0413. The second kappa shape index (κ2) is 10.2. The predicted molar refractivity (Wildman–Crippen MR) is 234 cm³/mol. The van der Waals surface area contributed by atoms with Crippen LogP contribution >= 0.6 is 11.3 Å². The van der Waals surface area contributed by atoms with Crippen molar-refractivity contribution >= 4 is 81.2 Å². The summed E-state index contributed by atoms with van der Waals surface area (Å²) in [6.07, 6.45) is 0. The van der Waals surface area contributed by atoms with Crippen LogP contribution in [0.15, 0.2) is 152 Å². The van der Waals surface area contributed by atoms with Crippen molar-refractivity contribution in [3.05, 3.63) is 218 Å². The van der Waals surface area contributed by atoms with Crippen LogP contribution in [-0.4, -0.2) is 16.0 Å². The highest BCUT2D eigenvalue weighted by Crippen LogP contribution is 2.56. The second-order valence-corrected chi connectivity index (χ2v) is 17.9. The van der Waals surface area contributed by atoms with Crippen LogP contribution in [0.1, 0.15) is 100 Å². The summed E-state index contributed by atoms with van der Waals surface area (Å²) in [5.41, 5.74) is 16.3. The first-order chi connectivity index (χ1) is 28.6. The van der Waals surface area contributed by atoms with Crippen molar-refractivity contribution in [2.75, 3.05) is 0 Å². The fourth-order valence-corrected chi connectivity index (χ4v) is 13.4. The molecule has 0 aliphatic heterocycles. The van der Waals surface area contributed by atoms with E-state index in [-0.39, 0.29) is 35.2 Å². The first kappa shape index (κ1) is 30.3. The molecule has 11 aromatic rings. The monoisotopic (exact) mass is 755 g/mol. The molecule has 0 saturated heterocycles. The Morgan fingerprint density at radius 3 is 1.33 bits per heavy atom. The van der Waals surface area contributed by atoms with E-state index in [4.69, 9.17) is 0 Å². The van der Waals surface area contributed by atoms with Crippen molar-refractivity contribution < 1.29 is 9.59 Å². The van der Waals surface area contributed by atoms with Gasteiger partial charge in [-0.05, 0) is 92.0 Å². The number of benzene rings is 8. The van der Waals surface area contributed by atoms with Crippen molar-refractivity contribution in [2.24, 2.45) is 0 Å². The molecule has 6 aliphatic carbocycles. The molecule has 0 saturated carbocycles. The van der Waals surface area contributed by atoms with E-state index in [9.17, 15) is 0 Å². The third kappa shape index (κ3) is 3.36. The van der Waals surface area contributed by atoms with E-state index in [2.05, 4.69) is 156 Å². The molecule has 0 radical (unpaired) electrons. The van der Waals surface area contributed by atoms with Crippen LogP contribution in [0.25, 0.3) is 58.3 Å². The molecule has 6 aliphatic rings. The summed E-state index contributed by atoms with van der Waals surface area (Å²) < 4.78 is 4.93. The molecule has 3 aromatic heterocycles. The van der Waals surface area contributed by atoms with Gasteiger partial charge in [-0.2, -0.15) is 0 Å². The number of fused-ring (bicyclic) bond motifs is 10. The van der Waals surface area contributed by atoms with Crippen LogP contribution < -0.4 is 0 Å². The molecule has 268 valence electrons. The van der Waals surface area contributed by atoms with Gasteiger partial charge >= 0.3 is 0 Å². The summed E-state index contributed by atoms with van der Waals surface area (Å²) in [5, 5.41) is 7.23. The van der Waals surface area contributed by atoms with Gasteiger partial charge in [-0.1, -0.05) is 115 Å². The second-order valence-electron chi connectivity index (χ2n) is 16.8. The van der Waals surface area contributed by atoms with Crippen LogP contribution in [-0.2, 0) is 0 Å². The molecule has 4 heteroatoms. The first-order valence-corrected chi connectivity index (χ1v) is 21.0. The van der Waals surface area contributed by atoms with E-state index < -0.39 is 0 Å². The fourth-order valence-electron chi connectivity index (χ4n) is 12.2. The summed E-state index contributed by atoms with van der Waals surface area (Å²) in [5.74, 6) is -0.475. The van der Waals surface area contributed by atoms with E-state index >= 15 is 9.59 Å². The lowest BCUT2D eigenvalue weighted by atomic mass is 9.72. The third-order valence-corrected chi connectivity index (χ3v) is 15.6. The van der Waals surface area contributed by atoms with Crippen molar-refractivity contribution in [3.63, 3.8) is 0 Å². The molecule has 3 heterocycles. The van der Waals surface area contributed by atoms with E-state index in [0.717, 1.165) is 66.3 Å². The number of thiophene rings is 1. The maximum absolute atomic E-state index is 15.2. The van der Waals surface area contributed by atoms with Gasteiger partial charge < -0.3 is 4.40 Å². The molecule has 0 unspecified atom stereocenters. The number of Topliss-reactive ketones (excluding diaryl/α,β-unsaturated/α-hetero) is 2. The van der Waals surface area contributed by atoms with Crippen molar-refractivity contribution in [3.8, 4) is 0 Å². The van der Waals surface area contributed by atoms with Crippen molar-refractivity contribution in [1.29, 1.82) is 0 Å². The summed E-state index contributed by atoms with van der Waals surface area (Å²) in [6, 6.07) is 54.6. The number of rotatable bonds is 0. The highest BCUT2D eigenvalue weighted by molar-refractivity contribution is 7.26.